The van der Waals surface area contributed by atoms with E-state index in [4.69, 9.17) is 0 Å². The second kappa shape index (κ2) is 8.95. The number of unbranched alkanes of at least 4 members (excludes halogenated alkanes) is 1. The number of hydrogen-bond donors (Lipinski definition) is 1. The molecule has 5 aromatic rings. The number of rotatable bonds is 6. The van der Waals surface area contributed by atoms with Crippen molar-refractivity contribution in [3.8, 4) is 0 Å². The fraction of sp³-hybridized carbons (Fsp3) is 0.286. The van der Waals surface area contributed by atoms with E-state index in [0.29, 0.717) is 0 Å². The van der Waals surface area contributed by atoms with Gasteiger partial charge in [-0.25, -0.2) is 0 Å². The number of aromatic amines is 1. The van der Waals surface area contributed by atoms with Crippen molar-refractivity contribution < 1.29 is 0 Å². The zero-order chi connectivity index (χ0) is 22.9. The van der Waals surface area contributed by atoms with Crippen LogP contribution in [0.3, 0.4) is 0 Å². The van der Waals surface area contributed by atoms with E-state index in [1.165, 1.54) is 5.39 Å². The molecule has 1 aliphatic heterocycles. The van der Waals surface area contributed by atoms with Gasteiger partial charge < -0.3 is 9.47 Å². The van der Waals surface area contributed by atoms with E-state index in [0.717, 1.165) is 85.1 Å². The first-order valence-electron chi connectivity index (χ1n) is 12.2. The molecule has 1 fully saturated rings. The van der Waals surface area contributed by atoms with Crippen molar-refractivity contribution in [1.82, 2.24) is 19.7 Å². The second-order valence-electron chi connectivity index (χ2n) is 9.15. The summed E-state index contributed by atoms with van der Waals surface area (Å²) in [5.41, 5.74) is 2.25. The molecule has 0 bridgehead atoms. The standard InChI is InChI=1S/C28H29N5O/c34-28-23-11-2-1-9-21(23)22-10-4-6-14-26(22)33(28)16-8-7-15-31-17-19-32(20-18-31)27-24-12-3-5-13-25(24)29-30-27/h1-6,9-14H,7-8,15-20H2,(H,29,30). The summed E-state index contributed by atoms with van der Waals surface area (Å²) in [6, 6.07) is 24.5. The van der Waals surface area contributed by atoms with Crippen LogP contribution in [0.2, 0.25) is 0 Å². The lowest BCUT2D eigenvalue weighted by atomic mass is 10.1. The second-order valence-corrected chi connectivity index (χ2v) is 9.15. The Morgan fingerprint density at radius 3 is 2.18 bits per heavy atom. The van der Waals surface area contributed by atoms with Crippen LogP contribution in [-0.4, -0.2) is 52.4 Å². The van der Waals surface area contributed by atoms with Crippen LogP contribution >= 0.6 is 0 Å². The molecule has 6 heteroatoms. The molecule has 0 atom stereocenters. The molecule has 1 aliphatic rings. The van der Waals surface area contributed by atoms with Crippen molar-refractivity contribution in [2.24, 2.45) is 0 Å². The first kappa shape index (κ1) is 20.9. The Balaban J connectivity index is 1.08. The molecule has 2 aromatic heterocycles. The quantitative estimate of drug-likeness (QED) is 0.302. The number of aromatic nitrogens is 3. The molecule has 3 heterocycles. The summed E-state index contributed by atoms with van der Waals surface area (Å²) in [7, 11) is 0. The molecule has 0 amide bonds. The van der Waals surface area contributed by atoms with Gasteiger partial charge in [0.2, 0.25) is 0 Å². The molecule has 6 rings (SSSR count). The lowest BCUT2D eigenvalue weighted by Crippen LogP contribution is -2.46. The van der Waals surface area contributed by atoms with E-state index in [9.17, 15) is 4.79 Å². The predicted molar refractivity (Wildman–Crippen MR) is 140 cm³/mol. The molecule has 6 nitrogen and oxygen atoms in total. The van der Waals surface area contributed by atoms with Gasteiger partial charge in [-0.3, -0.25) is 14.8 Å². The number of nitrogens with zero attached hydrogens (tertiary/aromatic N) is 4. The smallest absolute Gasteiger partial charge is 0.258 e. The minimum atomic E-state index is 0.120. The maximum atomic E-state index is 13.2. The van der Waals surface area contributed by atoms with E-state index in [2.05, 4.69) is 62.5 Å². The van der Waals surface area contributed by atoms with Gasteiger partial charge in [0, 0.05) is 48.9 Å². The average molecular weight is 452 g/mol. The van der Waals surface area contributed by atoms with Crippen LogP contribution < -0.4 is 10.5 Å². The average Bonchev–Trinajstić information content (AvgIpc) is 3.33. The fourth-order valence-electron chi connectivity index (χ4n) is 5.30. The Hall–Kier alpha value is -3.64. The third kappa shape index (κ3) is 3.74. The van der Waals surface area contributed by atoms with Crippen LogP contribution in [0.15, 0.2) is 77.6 Å². The fourth-order valence-corrected chi connectivity index (χ4v) is 5.30. The molecule has 0 unspecified atom stereocenters. The Labute approximate surface area is 198 Å². The molecule has 3 aromatic carbocycles. The summed E-state index contributed by atoms with van der Waals surface area (Å²) in [5, 5.41) is 11.9. The number of benzene rings is 3. The van der Waals surface area contributed by atoms with Crippen molar-refractivity contribution in [3.05, 3.63) is 83.2 Å². The molecule has 0 spiro atoms. The predicted octanol–water partition coefficient (Wildman–Crippen LogP) is 4.63. The maximum Gasteiger partial charge on any atom is 0.258 e. The third-order valence-electron chi connectivity index (χ3n) is 7.12. The van der Waals surface area contributed by atoms with Crippen LogP contribution in [0.4, 0.5) is 5.82 Å². The summed E-state index contributed by atoms with van der Waals surface area (Å²) < 4.78 is 1.97. The van der Waals surface area contributed by atoms with E-state index < -0.39 is 0 Å². The monoisotopic (exact) mass is 451 g/mol. The molecular weight excluding hydrogens is 422 g/mol. The molecule has 1 N–H and O–H groups in total. The first-order chi connectivity index (χ1) is 16.8. The number of nitrogens with one attached hydrogen (secondary N) is 1. The van der Waals surface area contributed by atoms with Crippen molar-refractivity contribution >= 4 is 38.4 Å². The van der Waals surface area contributed by atoms with Crippen molar-refractivity contribution in [2.45, 2.75) is 19.4 Å². The van der Waals surface area contributed by atoms with Crippen LogP contribution in [0.25, 0.3) is 32.6 Å². The lowest BCUT2D eigenvalue weighted by molar-refractivity contribution is 0.251. The Kier molecular flexibility index (Phi) is 5.51. The Morgan fingerprint density at radius 1 is 0.706 bits per heavy atom. The van der Waals surface area contributed by atoms with Gasteiger partial charge in [-0.2, -0.15) is 5.10 Å². The molecule has 0 aliphatic carbocycles. The largest absolute Gasteiger partial charge is 0.352 e. The van der Waals surface area contributed by atoms with Gasteiger partial charge in [-0.1, -0.05) is 48.5 Å². The van der Waals surface area contributed by atoms with E-state index >= 15 is 0 Å². The number of pyridine rings is 1. The molecule has 1 saturated heterocycles. The maximum absolute atomic E-state index is 13.2. The van der Waals surface area contributed by atoms with Crippen molar-refractivity contribution in [3.63, 3.8) is 0 Å². The van der Waals surface area contributed by atoms with Crippen molar-refractivity contribution in [2.75, 3.05) is 37.6 Å². The minimum Gasteiger partial charge on any atom is -0.352 e. The molecular formula is C28H29N5O. The van der Waals surface area contributed by atoms with E-state index in [1.807, 2.05) is 34.9 Å². The van der Waals surface area contributed by atoms with Gasteiger partial charge in [-0.15, -0.1) is 0 Å². The highest BCUT2D eigenvalue weighted by Gasteiger charge is 2.20. The zero-order valence-corrected chi connectivity index (χ0v) is 19.3. The highest BCUT2D eigenvalue weighted by Crippen LogP contribution is 2.25. The summed E-state index contributed by atoms with van der Waals surface area (Å²) in [4.78, 5) is 18.1. The highest BCUT2D eigenvalue weighted by molar-refractivity contribution is 6.05. The van der Waals surface area contributed by atoms with Gasteiger partial charge in [0.1, 0.15) is 0 Å². The number of hydrogen-bond acceptors (Lipinski definition) is 4. The van der Waals surface area contributed by atoms with Gasteiger partial charge >= 0.3 is 0 Å². The van der Waals surface area contributed by atoms with E-state index in [-0.39, 0.29) is 5.56 Å². The zero-order valence-electron chi connectivity index (χ0n) is 19.3. The summed E-state index contributed by atoms with van der Waals surface area (Å²) in [6.07, 6.45) is 2.07. The number of para-hydroxylation sites is 2. The summed E-state index contributed by atoms with van der Waals surface area (Å²) in [6.45, 7) is 5.88. The van der Waals surface area contributed by atoms with Crippen LogP contribution in [-0.2, 0) is 6.54 Å². The molecule has 0 radical (unpaired) electrons. The van der Waals surface area contributed by atoms with Crippen LogP contribution in [0, 0.1) is 0 Å². The number of piperazine rings is 1. The number of fused-ring (bicyclic) bond motifs is 4. The Bertz CT molecular complexity index is 1510. The van der Waals surface area contributed by atoms with E-state index in [1.54, 1.807) is 0 Å². The lowest BCUT2D eigenvalue weighted by Gasteiger charge is -2.35. The number of aryl methyl sites for hydroxylation is 1. The van der Waals surface area contributed by atoms with Crippen LogP contribution in [0.1, 0.15) is 12.8 Å². The summed E-state index contributed by atoms with van der Waals surface area (Å²) in [5.74, 6) is 1.07. The van der Waals surface area contributed by atoms with Crippen molar-refractivity contribution in [1.29, 1.82) is 0 Å². The SMILES string of the molecule is O=c1c2ccccc2c2ccccc2n1CCCCN1CCN(c2n[nH]c3ccccc23)CC1. The number of H-pyrrole nitrogens is 1. The van der Waals surface area contributed by atoms with Gasteiger partial charge in [0.15, 0.2) is 5.82 Å². The van der Waals surface area contributed by atoms with Gasteiger partial charge in [-0.05, 0) is 49.0 Å². The highest BCUT2D eigenvalue weighted by atomic mass is 16.1. The minimum absolute atomic E-state index is 0.120. The third-order valence-corrected chi connectivity index (χ3v) is 7.12. The van der Waals surface area contributed by atoms with Gasteiger partial charge in [0.25, 0.3) is 5.56 Å². The number of anilines is 1. The topological polar surface area (TPSA) is 57.2 Å². The molecule has 34 heavy (non-hydrogen) atoms. The van der Waals surface area contributed by atoms with Crippen LogP contribution in [0.5, 0.6) is 0 Å². The normalized spacial score (nSPS) is 15.0. The van der Waals surface area contributed by atoms with Gasteiger partial charge in [0.05, 0.1) is 11.0 Å². The summed E-state index contributed by atoms with van der Waals surface area (Å²) >= 11 is 0. The molecule has 0 saturated carbocycles. The molecule has 172 valence electrons. The Morgan fingerprint density at radius 2 is 1.35 bits per heavy atom. The first-order valence-corrected chi connectivity index (χ1v) is 12.2.